The fraction of sp³-hybridized carbons (Fsp3) is 0.947. The van der Waals surface area contributed by atoms with Crippen LogP contribution in [0.15, 0.2) is 0 Å². The maximum absolute atomic E-state index is 11.7. The second-order valence-electron chi connectivity index (χ2n) is 6.96. The van der Waals surface area contributed by atoms with E-state index in [1.54, 1.807) is 7.05 Å². The van der Waals surface area contributed by atoms with Gasteiger partial charge in [0.1, 0.15) is 5.60 Å². The molecule has 0 saturated heterocycles. The SMILES string of the molecule is CCCOCCOCCOCCOCCOCCN(C)C(=O)OC(C)(C)C. The van der Waals surface area contributed by atoms with Crippen molar-refractivity contribution in [1.29, 1.82) is 0 Å². The zero-order valence-electron chi connectivity index (χ0n) is 17.8. The van der Waals surface area contributed by atoms with Gasteiger partial charge in [0.05, 0.1) is 59.5 Å². The lowest BCUT2D eigenvalue weighted by atomic mass is 10.2. The van der Waals surface area contributed by atoms with E-state index >= 15 is 0 Å². The Kier molecular flexibility index (Phi) is 16.6. The zero-order chi connectivity index (χ0) is 20.4. The number of carbonyl (C=O) groups is 1. The topological polar surface area (TPSA) is 75.7 Å². The van der Waals surface area contributed by atoms with E-state index in [9.17, 15) is 4.79 Å². The van der Waals surface area contributed by atoms with Crippen molar-refractivity contribution < 1.29 is 33.2 Å². The van der Waals surface area contributed by atoms with Gasteiger partial charge in [-0.15, -0.1) is 0 Å². The van der Waals surface area contributed by atoms with Gasteiger partial charge in [0, 0.05) is 20.2 Å². The molecule has 0 atom stereocenters. The average molecular weight is 394 g/mol. The van der Waals surface area contributed by atoms with E-state index in [0.717, 1.165) is 13.0 Å². The van der Waals surface area contributed by atoms with E-state index in [1.165, 1.54) is 4.90 Å². The van der Waals surface area contributed by atoms with Gasteiger partial charge in [0.15, 0.2) is 0 Å². The van der Waals surface area contributed by atoms with Crippen molar-refractivity contribution in [2.45, 2.75) is 39.7 Å². The summed E-state index contributed by atoms with van der Waals surface area (Å²) in [6.07, 6.45) is 0.675. The lowest BCUT2D eigenvalue weighted by Gasteiger charge is -2.24. The van der Waals surface area contributed by atoms with Gasteiger partial charge in [-0.3, -0.25) is 0 Å². The summed E-state index contributed by atoms with van der Waals surface area (Å²) in [7, 11) is 1.69. The first-order valence-electron chi connectivity index (χ1n) is 9.69. The number of ether oxygens (including phenoxy) is 6. The van der Waals surface area contributed by atoms with Crippen LogP contribution in [-0.4, -0.2) is 96.3 Å². The number of nitrogens with zero attached hydrogens (tertiary/aromatic N) is 1. The molecule has 0 N–H and O–H groups in total. The van der Waals surface area contributed by atoms with E-state index in [4.69, 9.17) is 28.4 Å². The van der Waals surface area contributed by atoms with Crippen LogP contribution in [0.1, 0.15) is 34.1 Å². The predicted molar refractivity (Wildman–Crippen MR) is 103 cm³/mol. The Morgan fingerprint density at radius 2 is 1.07 bits per heavy atom. The lowest BCUT2D eigenvalue weighted by Crippen LogP contribution is -2.36. The van der Waals surface area contributed by atoms with Crippen LogP contribution < -0.4 is 0 Å². The predicted octanol–water partition coefficient (Wildman–Crippen LogP) is 2.35. The monoisotopic (exact) mass is 393 g/mol. The molecule has 0 aliphatic rings. The minimum absolute atomic E-state index is 0.350. The molecule has 0 saturated carbocycles. The molecule has 0 aromatic heterocycles. The molecule has 0 aliphatic carbocycles. The van der Waals surface area contributed by atoms with E-state index in [1.807, 2.05) is 20.8 Å². The summed E-state index contributed by atoms with van der Waals surface area (Å²) >= 11 is 0. The maximum Gasteiger partial charge on any atom is 0.410 e. The summed E-state index contributed by atoms with van der Waals surface area (Å²) in [5.74, 6) is 0. The Balaban J connectivity index is 3.26. The molecule has 0 aliphatic heterocycles. The molecule has 1 amide bonds. The zero-order valence-corrected chi connectivity index (χ0v) is 17.8. The number of likely N-dealkylation sites (N-methyl/N-ethyl adjacent to an activating group) is 1. The van der Waals surface area contributed by atoms with Crippen LogP contribution >= 0.6 is 0 Å². The highest BCUT2D eigenvalue weighted by molar-refractivity contribution is 5.67. The summed E-state index contributed by atoms with van der Waals surface area (Å²) in [6, 6.07) is 0. The Morgan fingerprint density at radius 3 is 1.44 bits per heavy atom. The van der Waals surface area contributed by atoms with Crippen molar-refractivity contribution in [3.05, 3.63) is 0 Å². The summed E-state index contributed by atoms with van der Waals surface area (Å²) < 4.78 is 32.2. The molecule has 0 spiro atoms. The molecule has 162 valence electrons. The van der Waals surface area contributed by atoms with Gasteiger partial charge >= 0.3 is 6.09 Å². The van der Waals surface area contributed by atoms with Crippen molar-refractivity contribution in [2.75, 3.05) is 79.7 Å². The minimum Gasteiger partial charge on any atom is -0.444 e. The number of carbonyl (C=O) groups excluding carboxylic acids is 1. The van der Waals surface area contributed by atoms with Crippen LogP contribution in [0.3, 0.4) is 0 Å². The normalized spacial score (nSPS) is 11.6. The van der Waals surface area contributed by atoms with Gasteiger partial charge in [-0.25, -0.2) is 4.79 Å². The molecule has 0 aromatic rings. The van der Waals surface area contributed by atoms with Crippen molar-refractivity contribution in [1.82, 2.24) is 4.90 Å². The quantitative estimate of drug-likeness (QED) is 0.351. The maximum atomic E-state index is 11.7. The molecule has 0 heterocycles. The van der Waals surface area contributed by atoms with E-state index in [-0.39, 0.29) is 6.09 Å². The molecular weight excluding hydrogens is 354 g/mol. The first-order valence-corrected chi connectivity index (χ1v) is 9.69. The van der Waals surface area contributed by atoms with E-state index < -0.39 is 5.60 Å². The van der Waals surface area contributed by atoms with Crippen molar-refractivity contribution >= 4 is 6.09 Å². The van der Waals surface area contributed by atoms with Gasteiger partial charge in [-0.1, -0.05) is 6.92 Å². The van der Waals surface area contributed by atoms with Crippen molar-refractivity contribution in [3.63, 3.8) is 0 Å². The van der Waals surface area contributed by atoms with Crippen LogP contribution in [0.2, 0.25) is 0 Å². The lowest BCUT2D eigenvalue weighted by molar-refractivity contribution is -0.0129. The third kappa shape index (κ3) is 19.6. The van der Waals surface area contributed by atoms with Crippen molar-refractivity contribution in [3.8, 4) is 0 Å². The molecule has 0 fully saturated rings. The van der Waals surface area contributed by atoms with Crippen LogP contribution in [-0.2, 0) is 28.4 Å². The molecule has 0 aromatic carbocycles. The highest BCUT2D eigenvalue weighted by Crippen LogP contribution is 2.08. The second-order valence-corrected chi connectivity index (χ2v) is 6.96. The molecule has 8 nitrogen and oxygen atoms in total. The van der Waals surface area contributed by atoms with Gasteiger partial charge in [0.25, 0.3) is 0 Å². The molecule has 0 unspecified atom stereocenters. The largest absolute Gasteiger partial charge is 0.444 e. The summed E-state index contributed by atoms with van der Waals surface area (Å²) in [5, 5.41) is 0. The van der Waals surface area contributed by atoms with Crippen LogP contribution in [0.25, 0.3) is 0 Å². The summed E-state index contributed by atoms with van der Waals surface area (Å²) in [4.78, 5) is 13.2. The third-order valence-electron chi connectivity index (χ3n) is 3.11. The van der Waals surface area contributed by atoms with Gasteiger partial charge in [-0.05, 0) is 27.2 Å². The van der Waals surface area contributed by atoms with E-state index in [2.05, 4.69) is 6.92 Å². The summed E-state index contributed by atoms with van der Waals surface area (Å²) in [6.45, 7) is 13.6. The third-order valence-corrected chi connectivity index (χ3v) is 3.11. The fourth-order valence-electron chi connectivity index (χ4n) is 1.76. The van der Waals surface area contributed by atoms with Crippen LogP contribution in [0.5, 0.6) is 0 Å². The average Bonchev–Trinajstić information content (AvgIpc) is 2.59. The Morgan fingerprint density at radius 1 is 0.704 bits per heavy atom. The van der Waals surface area contributed by atoms with E-state index in [0.29, 0.717) is 66.0 Å². The second kappa shape index (κ2) is 17.2. The van der Waals surface area contributed by atoms with Crippen LogP contribution in [0.4, 0.5) is 4.79 Å². The van der Waals surface area contributed by atoms with Crippen LogP contribution in [0, 0.1) is 0 Å². The Labute approximate surface area is 164 Å². The molecule has 0 bridgehead atoms. The highest BCUT2D eigenvalue weighted by Gasteiger charge is 2.19. The van der Waals surface area contributed by atoms with Gasteiger partial charge < -0.3 is 33.3 Å². The van der Waals surface area contributed by atoms with Crippen molar-refractivity contribution in [2.24, 2.45) is 0 Å². The number of rotatable bonds is 17. The summed E-state index contributed by atoms with van der Waals surface area (Å²) in [5.41, 5.74) is -0.489. The number of hydrogen-bond donors (Lipinski definition) is 0. The van der Waals surface area contributed by atoms with Gasteiger partial charge in [0.2, 0.25) is 0 Å². The first kappa shape index (κ1) is 26.1. The molecule has 0 radical (unpaired) electrons. The Bertz CT molecular complexity index is 347. The molecule has 8 heteroatoms. The molecular formula is C19H39NO7. The smallest absolute Gasteiger partial charge is 0.410 e. The first-order chi connectivity index (χ1) is 12.9. The highest BCUT2D eigenvalue weighted by atomic mass is 16.6. The Hall–Kier alpha value is -0.930. The fourth-order valence-corrected chi connectivity index (χ4v) is 1.76. The molecule has 0 rings (SSSR count). The standard InChI is InChI=1S/C19H39NO7/c1-6-8-22-10-12-24-14-16-26-17-15-25-13-11-23-9-7-20(5)18(21)27-19(2,3)4/h6-17H2,1-5H3. The van der Waals surface area contributed by atoms with Gasteiger partial charge in [-0.2, -0.15) is 0 Å². The number of hydrogen-bond acceptors (Lipinski definition) is 7. The number of amides is 1. The minimum atomic E-state index is -0.489. The molecule has 27 heavy (non-hydrogen) atoms.